The number of aliphatic hydroxyl groups excluding tert-OH is 1. The first kappa shape index (κ1) is 19.4. The van der Waals surface area contributed by atoms with Crippen LogP contribution in [0.2, 0.25) is 0 Å². The van der Waals surface area contributed by atoms with E-state index in [1.165, 1.54) is 13.2 Å². The molecule has 0 atom stereocenters. The predicted octanol–water partition coefficient (Wildman–Crippen LogP) is 2.82. The second kappa shape index (κ2) is 10.2. The van der Waals surface area contributed by atoms with Gasteiger partial charge in [-0.25, -0.2) is 10.2 Å². The number of allylic oxidation sites excluding steroid dienone is 4. The molecule has 7 heteroatoms. The number of aliphatic hydroxyl groups is 1. The van der Waals surface area contributed by atoms with Gasteiger partial charge in [-0.2, -0.15) is 0 Å². The number of nitrogens with one attached hydrogen (secondary N) is 2. The van der Waals surface area contributed by atoms with Gasteiger partial charge in [0, 0.05) is 12.6 Å². The number of methoxy groups -OCH3 is 1. The van der Waals surface area contributed by atoms with E-state index in [0.717, 1.165) is 4.91 Å². The second-order valence-electron chi connectivity index (χ2n) is 5.06. The Kier molecular flexibility index (Phi) is 9.40. The number of rotatable bonds is 7. The fraction of sp³-hybridized carbons (Fsp3) is 0.500. The smallest absolute Gasteiger partial charge is 0.422 e. The van der Waals surface area contributed by atoms with Gasteiger partial charge in [0.15, 0.2) is 0 Å². The Morgan fingerprint density at radius 2 is 1.90 bits per heavy atom. The highest BCUT2D eigenvalue weighted by Gasteiger charge is 2.15. The van der Waals surface area contributed by atoms with Gasteiger partial charge in [0.05, 0.1) is 7.11 Å². The normalized spacial score (nSPS) is 13.4. The van der Waals surface area contributed by atoms with Crippen LogP contribution in [0.25, 0.3) is 0 Å². The van der Waals surface area contributed by atoms with Gasteiger partial charge >= 0.3 is 6.09 Å². The van der Waals surface area contributed by atoms with Gasteiger partial charge in [-0.1, -0.05) is 18.2 Å². The fourth-order valence-corrected chi connectivity index (χ4v) is 1.28. The average Bonchev–Trinajstić information content (AvgIpc) is 2.37. The quantitative estimate of drug-likeness (QED) is 0.191. The molecular weight excluding hydrogens is 292 g/mol. The molecule has 3 N–H and O–H groups in total. The molecule has 1 amide bonds. The average molecular weight is 316 g/mol. The van der Waals surface area contributed by atoms with Gasteiger partial charge in [-0.3, -0.25) is 5.43 Å². The zero-order valence-corrected chi connectivity index (χ0v) is 13.7. The highest BCUT2D eigenvalue weighted by Crippen LogP contribution is 2.07. The summed E-state index contributed by atoms with van der Waals surface area (Å²) >= 11 is 4.28. The molecule has 0 bridgehead atoms. The molecular formula is C14H24N2O4S. The standard InChI is InChI=1S/C14H24N2O4S/c1-14(2,3)20-13(18)16-15-10-9-11(21)7-5-6-8-12(17)19-4/h5-8,15,17,21H,9-10H2,1-4H3,(H,16,18)/b6-5-,11-7-,12-8+. The van der Waals surface area contributed by atoms with Gasteiger partial charge in [0.25, 0.3) is 5.95 Å². The molecule has 0 aromatic rings. The molecule has 0 aromatic heterocycles. The van der Waals surface area contributed by atoms with Gasteiger partial charge in [0.1, 0.15) is 5.60 Å². The van der Waals surface area contributed by atoms with E-state index in [-0.39, 0.29) is 5.95 Å². The number of hydrogen-bond acceptors (Lipinski definition) is 6. The van der Waals surface area contributed by atoms with E-state index in [1.54, 1.807) is 39.0 Å². The van der Waals surface area contributed by atoms with E-state index < -0.39 is 11.7 Å². The molecule has 0 aromatic carbocycles. The summed E-state index contributed by atoms with van der Waals surface area (Å²) in [7, 11) is 1.38. The summed E-state index contributed by atoms with van der Waals surface area (Å²) in [5.41, 5.74) is 4.66. The molecule has 0 spiro atoms. The Labute approximate surface area is 131 Å². The zero-order valence-electron chi connectivity index (χ0n) is 12.8. The molecule has 0 unspecified atom stereocenters. The van der Waals surface area contributed by atoms with Gasteiger partial charge < -0.3 is 14.6 Å². The third-order valence-electron chi connectivity index (χ3n) is 1.94. The molecule has 0 fully saturated rings. The minimum Gasteiger partial charge on any atom is -0.481 e. The van der Waals surface area contributed by atoms with Crippen LogP contribution < -0.4 is 10.9 Å². The van der Waals surface area contributed by atoms with Crippen LogP contribution in [0.3, 0.4) is 0 Å². The van der Waals surface area contributed by atoms with E-state index >= 15 is 0 Å². The number of thiol groups is 1. The lowest BCUT2D eigenvalue weighted by Crippen LogP contribution is -2.41. The van der Waals surface area contributed by atoms with Crippen molar-refractivity contribution in [3.8, 4) is 0 Å². The van der Waals surface area contributed by atoms with Gasteiger partial charge in [0.2, 0.25) is 0 Å². The number of carbonyl (C=O) groups excluding carboxylic acids is 1. The topological polar surface area (TPSA) is 79.8 Å². The lowest BCUT2D eigenvalue weighted by Gasteiger charge is -2.19. The molecule has 0 radical (unpaired) electrons. The van der Waals surface area contributed by atoms with Crippen molar-refractivity contribution in [2.45, 2.75) is 32.8 Å². The monoisotopic (exact) mass is 316 g/mol. The molecule has 0 saturated carbocycles. The van der Waals surface area contributed by atoms with Crippen LogP contribution in [-0.4, -0.2) is 30.5 Å². The summed E-state index contributed by atoms with van der Waals surface area (Å²) in [6.45, 7) is 5.90. The largest absolute Gasteiger partial charge is 0.481 e. The van der Waals surface area contributed by atoms with Crippen molar-refractivity contribution in [1.29, 1.82) is 0 Å². The first-order chi connectivity index (χ1) is 9.74. The third-order valence-corrected chi connectivity index (χ3v) is 2.32. The lowest BCUT2D eigenvalue weighted by molar-refractivity contribution is 0.0499. The van der Waals surface area contributed by atoms with Crippen molar-refractivity contribution in [2.75, 3.05) is 13.7 Å². The molecule has 0 saturated heterocycles. The molecule has 0 aliphatic heterocycles. The van der Waals surface area contributed by atoms with Crippen LogP contribution in [0.15, 0.2) is 35.2 Å². The number of ether oxygens (including phenoxy) is 2. The summed E-state index contributed by atoms with van der Waals surface area (Å²) in [6.07, 6.45) is 6.65. The van der Waals surface area contributed by atoms with Crippen LogP contribution in [0.1, 0.15) is 27.2 Å². The van der Waals surface area contributed by atoms with E-state index in [4.69, 9.17) is 9.84 Å². The minimum absolute atomic E-state index is 0.163. The summed E-state index contributed by atoms with van der Waals surface area (Å²) in [4.78, 5) is 12.1. The minimum atomic E-state index is -0.521. The van der Waals surface area contributed by atoms with Crippen molar-refractivity contribution in [2.24, 2.45) is 0 Å². The zero-order chi connectivity index (χ0) is 16.3. The van der Waals surface area contributed by atoms with Crippen molar-refractivity contribution in [1.82, 2.24) is 10.9 Å². The SMILES string of the molecule is CO/C(O)=C/C=C\C=C(/S)CCNNC(=O)OC(C)(C)C. The van der Waals surface area contributed by atoms with Crippen LogP contribution in [-0.2, 0) is 9.47 Å². The number of amides is 1. The fourth-order valence-electron chi connectivity index (χ4n) is 1.08. The first-order valence-electron chi connectivity index (χ1n) is 6.46. The number of carbonyl (C=O) groups is 1. The number of hydrazine groups is 1. The highest BCUT2D eigenvalue weighted by atomic mass is 32.1. The van der Waals surface area contributed by atoms with E-state index in [9.17, 15) is 4.79 Å². The Hall–Kier alpha value is -1.60. The Bertz CT molecular complexity index is 412. The van der Waals surface area contributed by atoms with Crippen LogP contribution in [0.4, 0.5) is 4.79 Å². The first-order valence-corrected chi connectivity index (χ1v) is 6.90. The maximum absolute atomic E-state index is 11.3. The molecule has 120 valence electrons. The Balaban J connectivity index is 3.89. The molecule has 6 nitrogen and oxygen atoms in total. The Morgan fingerprint density at radius 1 is 1.29 bits per heavy atom. The summed E-state index contributed by atoms with van der Waals surface area (Å²) < 4.78 is 9.61. The maximum atomic E-state index is 11.3. The second-order valence-corrected chi connectivity index (χ2v) is 5.63. The Morgan fingerprint density at radius 3 is 2.48 bits per heavy atom. The van der Waals surface area contributed by atoms with Crippen LogP contribution >= 0.6 is 12.6 Å². The van der Waals surface area contributed by atoms with Crippen molar-refractivity contribution >= 4 is 18.7 Å². The van der Waals surface area contributed by atoms with Crippen LogP contribution in [0, 0.1) is 0 Å². The van der Waals surface area contributed by atoms with E-state index in [2.05, 4.69) is 28.2 Å². The molecule has 0 aliphatic carbocycles. The molecule has 0 aliphatic rings. The van der Waals surface area contributed by atoms with Gasteiger partial charge in [-0.15, -0.1) is 12.6 Å². The van der Waals surface area contributed by atoms with Crippen molar-refractivity contribution in [3.05, 3.63) is 35.2 Å². The molecule has 0 heterocycles. The summed E-state index contributed by atoms with van der Waals surface area (Å²) in [6, 6.07) is 0. The third kappa shape index (κ3) is 13.1. The van der Waals surface area contributed by atoms with Crippen LogP contribution in [0.5, 0.6) is 0 Å². The summed E-state index contributed by atoms with van der Waals surface area (Å²) in [5.74, 6) is -0.163. The molecule has 0 rings (SSSR count). The lowest BCUT2D eigenvalue weighted by atomic mass is 10.2. The predicted molar refractivity (Wildman–Crippen MR) is 85.9 cm³/mol. The molecule has 21 heavy (non-hydrogen) atoms. The van der Waals surface area contributed by atoms with E-state index in [1.807, 2.05) is 0 Å². The van der Waals surface area contributed by atoms with E-state index in [0.29, 0.717) is 13.0 Å². The van der Waals surface area contributed by atoms with Crippen molar-refractivity contribution in [3.63, 3.8) is 0 Å². The summed E-state index contributed by atoms with van der Waals surface area (Å²) in [5, 5.41) is 9.01. The van der Waals surface area contributed by atoms with Crippen molar-refractivity contribution < 1.29 is 19.4 Å². The maximum Gasteiger partial charge on any atom is 0.422 e. The highest BCUT2D eigenvalue weighted by molar-refractivity contribution is 7.84. The van der Waals surface area contributed by atoms with Gasteiger partial charge in [-0.05, 0) is 32.1 Å². The number of hydrogen-bond donors (Lipinski definition) is 4.